The molecule has 1 N–H and O–H groups in total. The first-order valence-electron chi connectivity index (χ1n) is 8.03. The van der Waals surface area contributed by atoms with Gasteiger partial charge in [0, 0.05) is 12.1 Å². The minimum absolute atomic E-state index is 0.323. The van der Waals surface area contributed by atoms with E-state index in [0.29, 0.717) is 28.3 Å². The summed E-state index contributed by atoms with van der Waals surface area (Å²) in [5.41, 5.74) is 4.22. The molecule has 2 aliphatic rings. The smallest absolute Gasteiger partial charge is 0.0326 e. The Morgan fingerprint density at radius 1 is 0.950 bits per heavy atom. The van der Waals surface area contributed by atoms with E-state index in [-0.39, 0.29) is 0 Å². The number of hydrogen-bond donors (Lipinski definition) is 1. The van der Waals surface area contributed by atoms with Gasteiger partial charge in [-0.15, -0.1) is 0 Å². The number of rotatable bonds is 2. The zero-order valence-corrected chi connectivity index (χ0v) is 13.9. The van der Waals surface area contributed by atoms with E-state index >= 15 is 0 Å². The van der Waals surface area contributed by atoms with Crippen LogP contribution in [0.2, 0.25) is 0 Å². The molecule has 0 radical (unpaired) electrons. The summed E-state index contributed by atoms with van der Waals surface area (Å²) in [4.78, 5) is 0. The summed E-state index contributed by atoms with van der Waals surface area (Å²) >= 11 is 0. The molecule has 20 heavy (non-hydrogen) atoms. The van der Waals surface area contributed by atoms with Crippen LogP contribution >= 0.6 is 0 Å². The van der Waals surface area contributed by atoms with Crippen LogP contribution in [0.15, 0.2) is 24.3 Å². The molecule has 0 amide bonds. The fourth-order valence-electron chi connectivity index (χ4n) is 4.20. The average Bonchev–Trinajstić information content (AvgIpc) is 2.75. The van der Waals surface area contributed by atoms with Gasteiger partial charge in [-0.3, -0.25) is 0 Å². The van der Waals surface area contributed by atoms with Gasteiger partial charge in [0.05, 0.1) is 0 Å². The lowest BCUT2D eigenvalue weighted by atomic mass is 9.71. The highest BCUT2D eigenvalue weighted by atomic mass is 15.1. The molecule has 0 saturated heterocycles. The quantitative estimate of drug-likeness (QED) is 0.813. The van der Waals surface area contributed by atoms with Crippen molar-refractivity contribution in [1.82, 2.24) is 5.32 Å². The first-order valence-corrected chi connectivity index (χ1v) is 8.03. The molecule has 0 heterocycles. The minimum Gasteiger partial charge on any atom is -0.306 e. The first kappa shape index (κ1) is 14.1. The molecule has 1 nitrogen and oxygen atoms in total. The Morgan fingerprint density at radius 3 is 2.15 bits per heavy atom. The maximum atomic E-state index is 3.97. The zero-order chi connectivity index (χ0) is 14.8. The van der Waals surface area contributed by atoms with Gasteiger partial charge in [-0.2, -0.15) is 0 Å². The molecule has 1 aromatic rings. The van der Waals surface area contributed by atoms with Crippen molar-refractivity contribution in [3.63, 3.8) is 0 Å². The SMILES string of the molecule is CC1(C)CCC(NC2C(C)(C)C2(C)C)c2ccccc21. The fourth-order valence-corrected chi connectivity index (χ4v) is 4.20. The Morgan fingerprint density at radius 2 is 1.55 bits per heavy atom. The van der Waals surface area contributed by atoms with Crippen LogP contribution in [0, 0.1) is 10.8 Å². The van der Waals surface area contributed by atoms with Crippen molar-refractivity contribution < 1.29 is 0 Å². The maximum absolute atomic E-state index is 3.97. The number of benzene rings is 1. The first-order chi connectivity index (χ1) is 9.18. The monoisotopic (exact) mass is 271 g/mol. The van der Waals surface area contributed by atoms with Gasteiger partial charge < -0.3 is 5.32 Å². The second-order valence-electron chi connectivity index (χ2n) is 8.61. The number of fused-ring (bicyclic) bond motifs is 1. The Labute approximate surface area is 124 Å². The van der Waals surface area contributed by atoms with Crippen molar-refractivity contribution in [2.24, 2.45) is 10.8 Å². The molecule has 1 saturated carbocycles. The molecule has 0 bridgehead atoms. The predicted octanol–water partition coefficient (Wildman–Crippen LogP) is 4.82. The van der Waals surface area contributed by atoms with E-state index in [4.69, 9.17) is 0 Å². The van der Waals surface area contributed by atoms with Crippen LogP contribution in [-0.4, -0.2) is 6.04 Å². The van der Waals surface area contributed by atoms with Gasteiger partial charge in [0.25, 0.3) is 0 Å². The maximum Gasteiger partial charge on any atom is 0.0326 e. The van der Waals surface area contributed by atoms with Crippen LogP contribution in [0.5, 0.6) is 0 Å². The topological polar surface area (TPSA) is 12.0 Å². The van der Waals surface area contributed by atoms with Crippen molar-refractivity contribution in [3.05, 3.63) is 35.4 Å². The van der Waals surface area contributed by atoms with E-state index in [9.17, 15) is 0 Å². The Kier molecular flexibility index (Phi) is 2.90. The van der Waals surface area contributed by atoms with Crippen LogP contribution in [0.4, 0.5) is 0 Å². The Balaban J connectivity index is 1.87. The summed E-state index contributed by atoms with van der Waals surface area (Å²) in [5, 5.41) is 3.97. The highest BCUT2D eigenvalue weighted by Crippen LogP contribution is 2.63. The van der Waals surface area contributed by atoms with E-state index < -0.39 is 0 Å². The van der Waals surface area contributed by atoms with E-state index in [1.54, 1.807) is 5.56 Å². The van der Waals surface area contributed by atoms with Gasteiger partial charge in [0.15, 0.2) is 0 Å². The average molecular weight is 271 g/mol. The van der Waals surface area contributed by atoms with Crippen molar-refractivity contribution in [3.8, 4) is 0 Å². The molecule has 1 heteroatoms. The van der Waals surface area contributed by atoms with Crippen LogP contribution < -0.4 is 5.32 Å². The second kappa shape index (κ2) is 4.10. The lowest BCUT2D eigenvalue weighted by Crippen LogP contribution is -2.35. The summed E-state index contributed by atoms with van der Waals surface area (Å²) < 4.78 is 0. The lowest BCUT2D eigenvalue weighted by molar-refractivity contribution is 0.344. The van der Waals surface area contributed by atoms with Gasteiger partial charge in [-0.25, -0.2) is 0 Å². The predicted molar refractivity (Wildman–Crippen MR) is 85.9 cm³/mol. The third-order valence-electron chi connectivity index (χ3n) is 6.51. The molecule has 1 atom stereocenters. The molecular weight excluding hydrogens is 242 g/mol. The van der Waals surface area contributed by atoms with Crippen molar-refractivity contribution in [2.45, 2.75) is 71.9 Å². The van der Waals surface area contributed by atoms with Crippen LogP contribution in [0.25, 0.3) is 0 Å². The summed E-state index contributed by atoms with van der Waals surface area (Å²) in [6.45, 7) is 14.3. The van der Waals surface area contributed by atoms with Gasteiger partial charge in [-0.05, 0) is 40.2 Å². The van der Waals surface area contributed by atoms with E-state index in [1.807, 2.05) is 0 Å². The van der Waals surface area contributed by atoms with Gasteiger partial charge in [0.2, 0.25) is 0 Å². The number of nitrogens with one attached hydrogen (secondary N) is 1. The second-order valence-corrected chi connectivity index (χ2v) is 8.61. The van der Waals surface area contributed by atoms with Crippen LogP contribution in [0.1, 0.15) is 71.6 Å². The van der Waals surface area contributed by atoms with Crippen LogP contribution in [0.3, 0.4) is 0 Å². The summed E-state index contributed by atoms with van der Waals surface area (Å²) in [6, 6.07) is 10.2. The summed E-state index contributed by atoms with van der Waals surface area (Å²) in [7, 11) is 0. The largest absolute Gasteiger partial charge is 0.306 e. The number of hydrogen-bond acceptors (Lipinski definition) is 1. The van der Waals surface area contributed by atoms with E-state index in [2.05, 4.69) is 71.1 Å². The zero-order valence-electron chi connectivity index (χ0n) is 13.9. The molecule has 0 aliphatic heterocycles. The summed E-state index contributed by atoms with van der Waals surface area (Å²) in [5.74, 6) is 0. The summed E-state index contributed by atoms with van der Waals surface area (Å²) in [6.07, 6.45) is 2.53. The van der Waals surface area contributed by atoms with Crippen molar-refractivity contribution in [1.29, 1.82) is 0 Å². The van der Waals surface area contributed by atoms with Gasteiger partial charge >= 0.3 is 0 Å². The molecular formula is C19H29N. The third-order valence-corrected chi connectivity index (χ3v) is 6.51. The highest BCUT2D eigenvalue weighted by molar-refractivity contribution is 5.38. The standard InChI is InChI=1S/C19H29N/c1-17(2)12-11-15(13-9-7-8-10-14(13)17)20-16-18(3,4)19(16,5)6/h7-10,15-16,20H,11-12H2,1-6H3. The molecule has 110 valence electrons. The molecule has 1 fully saturated rings. The van der Waals surface area contributed by atoms with E-state index in [1.165, 1.54) is 18.4 Å². The van der Waals surface area contributed by atoms with Crippen molar-refractivity contribution >= 4 is 0 Å². The third kappa shape index (κ3) is 1.86. The Hall–Kier alpha value is -0.820. The molecule has 1 unspecified atom stereocenters. The fraction of sp³-hybridized carbons (Fsp3) is 0.684. The van der Waals surface area contributed by atoms with Crippen LogP contribution in [-0.2, 0) is 5.41 Å². The normalized spacial score (nSPS) is 29.8. The molecule has 0 aromatic heterocycles. The molecule has 1 aromatic carbocycles. The highest BCUT2D eigenvalue weighted by Gasteiger charge is 2.65. The van der Waals surface area contributed by atoms with E-state index in [0.717, 1.165) is 0 Å². The molecule has 0 spiro atoms. The minimum atomic E-state index is 0.323. The van der Waals surface area contributed by atoms with Gasteiger partial charge in [-0.1, -0.05) is 65.8 Å². The van der Waals surface area contributed by atoms with Gasteiger partial charge in [0.1, 0.15) is 0 Å². The Bertz CT molecular complexity index is 510. The molecule has 2 aliphatic carbocycles. The molecule has 3 rings (SSSR count). The lowest BCUT2D eigenvalue weighted by Gasteiger charge is -2.38. The van der Waals surface area contributed by atoms with Crippen molar-refractivity contribution in [2.75, 3.05) is 0 Å².